The van der Waals surface area contributed by atoms with Crippen LogP contribution in [-0.2, 0) is 29.8 Å². The van der Waals surface area contributed by atoms with Crippen LogP contribution in [0, 0.1) is 0 Å². The van der Waals surface area contributed by atoms with Gasteiger partial charge in [0, 0.05) is 6.42 Å². The second-order valence-corrected chi connectivity index (χ2v) is 14.4. The highest BCUT2D eigenvalue weighted by Gasteiger charge is 2.56. The van der Waals surface area contributed by atoms with E-state index in [4.69, 9.17) is 53.1 Å². The largest absolute Gasteiger partial charge is 0.646 e. The molecule has 2 heterocycles. The van der Waals surface area contributed by atoms with E-state index in [0.717, 1.165) is 10.6 Å². The Morgan fingerprint density at radius 1 is 0.930 bits per heavy atom. The molecule has 0 bridgehead atoms. The number of alkyl halides is 3. The van der Waals surface area contributed by atoms with Crippen LogP contribution < -0.4 is 9.05 Å². The number of para-hydroxylation sites is 2. The maximum Gasteiger partial charge on any atom is 0.646 e. The summed E-state index contributed by atoms with van der Waals surface area (Å²) in [5.74, 6) is -1.43. The number of hydrogen-bond donors (Lipinski definition) is 0. The minimum Gasteiger partial charge on any atom is -0.456 e. The number of ether oxygens (including phenoxy) is 1. The number of hydrogen-bond acceptors (Lipinski definition) is 9. The van der Waals surface area contributed by atoms with Gasteiger partial charge in [-0.15, -0.1) is 0 Å². The number of allylic oxidation sites excluding steroid dienone is 1. The first-order chi connectivity index (χ1) is 20.5. The van der Waals surface area contributed by atoms with Crippen LogP contribution in [0.4, 0.5) is 0 Å². The zero-order valence-corrected chi connectivity index (χ0v) is 26.4. The van der Waals surface area contributed by atoms with Crippen molar-refractivity contribution in [2.75, 3.05) is 6.61 Å². The number of nitrogens with zero attached hydrogens (tertiary/aromatic N) is 2. The van der Waals surface area contributed by atoms with Crippen molar-refractivity contribution in [3.05, 3.63) is 108 Å². The van der Waals surface area contributed by atoms with Crippen LogP contribution in [0.2, 0.25) is 0 Å². The third kappa shape index (κ3) is 7.88. The van der Waals surface area contributed by atoms with E-state index in [9.17, 15) is 14.2 Å². The molecular weight excluding hydrogens is 658 g/mol. The molecule has 5 rings (SSSR count). The number of fused-ring (bicyclic) bond motifs is 1. The van der Waals surface area contributed by atoms with Gasteiger partial charge in [0.15, 0.2) is 11.7 Å². The molecule has 2 aliphatic heterocycles. The number of likely N-dealkylation sites (tertiary alicyclic amines) is 1. The first-order valence-corrected chi connectivity index (χ1v) is 16.3. The topological polar surface area (TPSA) is 104 Å². The molecule has 0 radical (unpaired) electrons. The Morgan fingerprint density at radius 2 is 1.47 bits per heavy atom. The van der Waals surface area contributed by atoms with Gasteiger partial charge in [-0.1, -0.05) is 113 Å². The molecule has 14 heteroatoms. The van der Waals surface area contributed by atoms with Crippen molar-refractivity contribution in [3.8, 4) is 11.5 Å². The molecule has 43 heavy (non-hydrogen) atoms. The number of carbonyl (C=O) groups is 2. The van der Waals surface area contributed by atoms with Crippen LogP contribution in [0.5, 0.6) is 11.5 Å². The maximum absolute atomic E-state index is 14.1. The second kappa shape index (κ2) is 13.2. The lowest BCUT2D eigenvalue weighted by Crippen LogP contribution is -2.61. The summed E-state index contributed by atoms with van der Waals surface area (Å²) in [6.45, 7) is 0.720. The standard InChI is InChI=1S/C29H24Cl3N2O7PS/c1-19(39-42(37,40-21-13-7-3-8-14-21)41-22-15-9-4-10-16-22)25(28(36)38-18-29(30,31)32)34-26(35)24-27(34)43-23(33-24)17-20-11-5-2-6-12-20/h2-16,24,27H,17-18H2,1H3. The number of halogens is 3. The summed E-state index contributed by atoms with van der Waals surface area (Å²) in [5, 5.41) is 0.139. The quantitative estimate of drug-likeness (QED) is 0.0517. The average Bonchev–Trinajstić information content (AvgIpc) is 3.34. The molecule has 3 aromatic rings. The molecule has 0 saturated carbocycles. The monoisotopic (exact) mass is 680 g/mol. The third-order valence-corrected chi connectivity index (χ3v) is 8.98. The van der Waals surface area contributed by atoms with E-state index in [1.165, 1.54) is 23.6 Å². The fourth-order valence-corrected chi connectivity index (χ4v) is 7.00. The van der Waals surface area contributed by atoms with Crippen LogP contribution >= 0.6 is 54.4 Å². The smallest absolute Gasteiger partial charge is 0.456 e. The Morgan fingerprint density at radius 3 is 2.00 bits per heavy atom. The van der Waals surface area contributed by atoms with E-state index in [0.29, 0.717) is 6.42 Å². The number of thioether (sulfide) groups is 1. The number of benzene rings is 3. The van der Waals surface area contributed by atoms with E-state index >= 15 is 0 Å². The average molecular weight is 682 g/mol. The Labute approximate surface area is 267 Å². The number of carbonyl (C=O) groups excluding carboxylic acids is 2. The van der Waals surface area contributed by atoms with Crippen LogP contribution in [-0.4, -0.2) is 43.6 Å². The first-order valence-electron chi connectivity index (χ1n) is 12.9. The normalized spacial score (nSPS) is 18.6. The maximum atomic E-state index is 14.1. The minimum absolute atomic E-state index is 0.181. The van der Waals surface area contributed by atoms with Crippen molar-refractivity contribution >= 4 is 71.3 Å². The highest BCUT2D eigenvalue weighted by atomic mass is 35.6. The van der Waals surface area contributed by atoms with E-state index in [-0.39, 0.29) is 23.0 Å². The number of aliphatic imine (C=N–C) groups is 1. The molecule has 1 amide bonds. The molecule has 1 saturated heterocycles. The van der Waals surface area contributed by atoms with Gasteiger partial charge in [-0.05, 0) is 36.8 Å². The molecule has 3 aromatic carbocycles. The molecule has 0 N–H and O–H groups in total. The molecule has 2 atom stereocenters. The summed E-state index contributed by atoms with van der Waals surface area (Å²) in [7, 11) is -4.51. The molecule has 0 spiro atoms. The van der Waals surface area contributed by atoms with E-state index < -0.39 is 41.5 Å². The zero-order valence-electron chi connectivity index (χ0n) is 22.5. The molecule has 224 valence electrons. The summed E-state index contributed by atoms with van der Waals surface area (Å²) in [4.78, 5) is 32.5. The van der Waals surface area contributed by atoms with Crippen LogP contribution in [0.15, 0.2) is 107 Å². The number of rotatable bonds is 11. The Bertz CT molecular complexity index is 1540. The van der Waals surface area contributed by atoms with E-state index in [1.807, 2.05) is 30.3 Å². The van der Waals surface area contributed by atoms with Crippen molar-refractivity contribution < 1.29 is 32.5 Å². The summed E-state index contributed by atoms with van der Waals surface area (Å²) in [6.07, 6.45) is 0.511. The van der Waals surface area contributed by atoms with Crippen LogP contribution in [0.3, 0.4) is 0 Å². The second-order valence-electron chi connectivity index (χ2n) is 9.29. The van der Waals surface area contributed by atoms with Crippen molar-refractivity contribution in [2.45, 2.75) is 28.6 Å². The Balaban J connectivity index is 1.45. The number of amides is 1. The fraction of sp³-hybridized carbons (Fsp3) is 0.207. The van der Waals surface area contributed by atoms with Crippen molar-refractivity contribution in [2.24, 2.45) is 4.99 Å². The number of β-lactam (4-membered cyclic amide) rings is 1. The van der Waals surface area contributed by atoms with Gasteiger partial charge >= 0.3 is 13.8 Å². The van der Waals surface area contributed by atoms with E-state index in [1.54, 1.807) is 60.7 Å². The number of esters is 1. The molecule has 1 fully saturated rings. The minimum atomic E-state index is -4.51. The van der Waals surface area contributed by atoms with Gasteiger partial charge in [0.25, 0.3) is 5.91 Å². The number of phosphoric ester groups is 1. The molecule has 2 unspecified atom stereocenters. The lowest BCUT2D eigenvalue weighted by Gasteiger charge is -2.41. The highest BCUT2D eigenvalue weighted by molar-refractivity contribution is 8.14. The van der Waals surface area contributed by atoms with Gasteiger partial charge in [0.05, 0.1) is 5.04 Å². The molecular formula is C29H24Cl3N2O7PS. The lowest BCUT2D eigenvalue weighted by molar-refractivity contribution is -0.150. The molecule has 9 nitrogen and oxygen atoms in total. The molecule has 2 aliphatic rings. The van der Waals surface area contributed by atoms with Crippen molar-refractivity contribution in [1.29, 1.82) is 0 Å². The fourth-order valence-electron chi connectivity index (χ4n) is 4.22. The van der Waals surface area contributed by atoms with Crippen molar-refractivity contribution in [1.82, 2.24) is 4.90 Å². The van der Waals surface area contributed by atoms with E-state index in [2.05, 4.69) is 4.99 Å². The summed E-state index contributed by atoms with van der Waals surface area (Å²) in [5.41, 5.74) is 0.668. The number of phosphoric acid groups is 1. The highest BCUT2D eigenvalue weighted by Crippen LogP contribution is 2.52. The molecule has 0 aromatic heterocycles. The summed E-state index contributed by atoms with van der Waals surface area (Å²) in [6, 6.07) is 25.4. The Kier molecular flexibility index (Phi) is 9.63. The molecule has 0 aliphatic carbocycles. The van der Waals surface area contributed by atoms with Gasteiger partial charge < -0.3 is 18.3 Å². The van der Waals surface area contributed by atoms with Crippen LogP contribution in [0.25, 0.3) is 0 Å². The lowest BCUT2D eigenvalue weighted by atomic mass is 10.1. The van der Waals surface area contributed by atoms with Gasteiger partial charge in [-0.2, -0.15) is 4.57 Å². The van der Waals surface area contributed by atoms with Gasteiger partial charge in [0.2, 0.25) is 3.79 Å². The van der Waals surface area contributed by atoms with Gasteiger partial charge in [-0.25, -0.2) is 4.79 Å². The summed E-state index contributed by atoms with van der Waals surface area (Å²) < 4.78 is 34.5. The Hall–Kier alpha value is -3.14. The third-order valence-electron chi connectivity index (χ3n) is 6.06. The van der Waals surface area contributed by atoms with Crippen molar-refractivity contribution in [3.63, 3.8) is 0 Å². The van der Waals surface area contributed by atoms with Gasteiger partial charge in [-0.3, -0.25) is 14.7 Å². The zero-order chi connectivity index (χ0) is 30.6. The first kappa shape index (κ1) is 31.3. The van der Waals surface area contributed by atoms with Crippen LogP contribution in [0.1, 0.15) is 12.5 Å². The SMILES string of the molecule is CC(OP(=O)(Oc1ccccc1)Oc1ccccc1)=C(C(=O)OCC(Cl)(Cl)Cl)N1C(=O)C2N=C(Cc3ccccc3)SC21. The predicted octanol–water partition coefficient (Wildman–Crippen LogP) is 7.34. The predicted molar refractivity (Wildman–Crippen MR) is 166 cm³/mol. The summed E-state index contributed by atoms with van der Waals surface area (Å²) >= 11 is 18.8. The van der Waals surface area contributed by atoms with Gasteiger partial charge in [0.1, 0.15) is 29.2 Å².